The lowest BCUT2D eigenvalue weighted by molar-refractivity contribution is -0.384. The molecular weight excluding hydrogens is 298 g/mol. The Balaban J connectivity index is 1.57. The Morgan fingerprint density at radius 3 is 2.57 bits per heavy atom. The number of nitro benzene ring substituents is 1. The number of nitrogens with zero attached hydrogens (tertiary/aromatic N) is 2. The van der Waals surface area contributed by atoms with Gasteiger partial charge in [-0.05, 0) is 37.8 Å². The van der Waals surface area contributed by atoms with Crippen molar-refractivity contribution in [2.24, 2.45) is 0 Å². The van der Waals surface area contributed by atoms with Crippen LogP contribution in [0.1, 0.15) is 25.7 Å². The van der Waals surface area contributed by atoms with Gasteiger partial charge in [0.1, 0.15) is 11.4 Å². The lowest BCUT2D eigenvalue weighted by Crippen LogP contribution is -2.46. The molecule has 0 bridgehead atoms. The molecule has 0 aliphatic carbocycles. The zero-order valence-corrected chi connectivity index (χ0v) is 13.1. The Labute approximate surface area is 135 Å². The van der Waals surface area contributed by atoms with Crippen molar-refractivity contribution >= 4 is 11.4 Å². The van der Waals surface area contributed by atoms with Crippen LogP contribution in [0, 0.1) is 10.1 Å². The molecule has 2 N–H and O–H groups in total. The lowest BCUT2D eigenvalue weighted by atomic mass is 9.99. The molecule has 0 aromatic heterocycles. The molecule has 1 aromatic carbocycles. The topological polar surface area (TPSA) is 87.9 Å². The van der Waals surface area contributed by atoms with Crippen molar-refractivity contribution in [3.63, 3.8) is 0 Å². The van der Waals surface area contributed by atoms with Crippen LogP contribution in [0.5, 0.6) is 5.75 Å². The van der Waals surface area contributed by atoms with E-state index in [4.69, 9.17) is 4.74 Å². The van der Waals surface area contributed by atoms with E-state index in [1.807, 2.05) is 0 Å². The fourth-order valence-corrected chi connectivity index (χ4v) is 3.47. The van der Waals surface area contributed by atoms with E-state index in [1.54, 1.807) is 6.07 Å². The maximum absolute atomic E-state index is 11.1. The molecule has 126 valence electrons. The van der Waals surface area contributed by atoms with Crippen LogP contribution in [-0.4, -0.2) is 53.3 Å². The number of anilines is 1. The standard InChI is InChI=1S/C16H23N3O4/c20-14-1-2-15(16(11-14)19(21)22)17-12-3-7-18(8-4-12)13-5-9-23-10-6-13/h1-2,11-13,17,20H,3-10H2. The molecule has 2 aliphatic heterocycles. The minimum atomic E-state index is -0.459. The molecule has 0 atom stereocenters. The number of rotatable bonds is 4. The highest BCUT2D eigenvalue weighted by atomic mass is 16.6. The maximum Gasteiger partial charge on any atom is 0.296 e. The van der Waals surface area contributed by atoms with E-state index in [0.717, 1.165) is 52.0 Å². The van der Waals surface area contributed by atoms with Crippen LogP contribution in [-0.2, 0) is 4.74 Å². The maximum atomic E-state index is 11.1. The molecule has 0 spiro atoms. The molecular formula is C16H23N3O4. The van der Waals surface area contributed by atoms with E-state index < -0.39 is 4.92 Å². The summed E-state index contributed by atoms with van der Waals surface area (Å²) in [7, 11) is 0. The van der Waals surface area contributed by atoms with Crippen molar-refractivity contribution in [3.05, 3.63) is 28.3 Å². The van der Waals surface area contributed by atoms with Crippen molar-refractivity contribution in [2.45, 2.75) is 37.8 Å². The summed E-state index contributed by atoms with van der Waals surface area (Å²) >= 11 is 0. The summed E-state index contributed by atoms with van der Waals surface area (Å²) in [6.45, 7) is 3.72. The van der Waals surface area contributed by atoms with E-state index in [1.165, 1.54) is 12.1 Å². The monoisotopic (exact) mass is 321 g/mol. The van der Waals surface area contributed by atoms with Gasteiger partial charge in [0.05, 0.1) is 11.0 Å². The SMILES string of the molecule is O=[N+]([O-])c1cc(O)ccc1NC1CCN(C2CCOCC2)CC1. The normalized spacial score (nSPS) is 21.2. The molecule has 0 saturated carbocycles. The molecule has 2 saturated heterocycles. The van der Waals surface area contributed by atoms with Crippen LogP contribution in [0.3, 0.4) is 0 Å². The Morgan fingerprint density at radius 1 is 1.22 bits per heavy atom. The molecule has 1 aromatic rings. The second-order valence-corrected chi connectivity index (χ2v) is 6.26. The van der Waals surface area contributed by atoms with Crippen molar-refractivity contribution in [2.75, 3.05) is 31.6 Å². The smallest absolute Gasteiger partial charge is 0.296 e. The Bertz CT molecular complexity index is 552. The molecule has 2 aliphatic rings. The van der Waals surface area contributed by atoms with Crippen LogP contribution in [0.25, 0.3) is 0 Å². The van der Waals surface area contributed by atoms with Crippen LogP contribution in [0.4, 0.5) is 11.4 Å². The summed E-state index contributed by atoms with van der Waals surface area (Å²) in [5.41, 5.74) is 0.411. The lowest BCUT2D eigenvalue weighted by Gasteiger charge is -2.39. The number of aromatic hydroxyl groups is 1. The van der Waals surface area contributed by atoms with Gasteiger partial charge in [0.15, 0.2) is 0 Å². The van der Waals surface area contributed by atoms with Gasteiger partial charge in [-0.2, -0.15) is 0 Å². The van der Waals surface area contributed by atoms with Crippen LogP contribution in [0.2, 0.25) is 0 Å². The highest BCUT2D eigenvalue weighted by molar-refractivity contribution is 5.64. The Kier molecular flexibility index (Phi) is 4.97. The number of ether oxygens (including phenoxy) is 1. The number of piperidine rings is 1. The first-order valence-electron chi connectivity index (χ1n) is 8.19. The third-order valence-corrected chi connectivity index (χ3v) is 4.77. The van der Waals surface area contributed by atoms with E-state index in [-0.39, 0.29) is 17.5 Å². The predicted octanol–water partition coefficient (Wildman–Crippen LogP) is 2.36. The van der Waals surface area contributed by atoms with Crippen LogP contribution in [0.15, 0.2) is 18.2 Å². The predicted molar refractivity (Wildman–Crippen MR) is 86.8 cm³/mol. The number of nitrogens with one attached hydrogen (secondary N) is 1. The Hall–Kier alpha value is -1.86. The third kappa shape index (κ3) is 3.92. The number of hydrogen-bond acceptors (Lipinski definition) is 6. The minimum absolute atomic E-state index is 0.0724. The van der Waals surface area contributed by atoms with Gasteiger partial charge in [-0.3, -0.25) is 10.1 Å². The highest BCUT2D eigenvalue weighted by Gasteiger charge is 2.27. The highest BCUT2D eigenvalue weighted by Crippen LogP contribution is 2.30. The van der Waals surface area contributed by atoms with E-state index in [0.29, 0.717) is 11.7 Å². The molecule has 23 heavy (non-hydrogen) atoms. The third-order valence-electron chi connectivity index (χ3n) is 4.77. The first-order valence-corrected chi connectivity index (χ1v) is 8.19. The summed E-state index contributed by atoms with van der Waals surface area (Å²) in [6, 6.07) is 5.10. The molecule has 2 heterocycles. The van der Waals surface area contributed by atoms with Crippen molar-refractivity contribution in [1.82, 2.24) is 4.90 Å². The first kappa shape index (κ1) is 16.0. The van der Waals surface area contributed by atoms with E-state index in [9.17, 15) is 15.2 Å². The molecule has 0 unspecified atom stereocenters. The van der Waals surface area contributed by atoms with E-state index in [2.05, 4.69) is 10.2 Å². The number of hydrogen-bond donors (Lipinski definition) is 2. The largest absolute Gasteiger partial charge is 0.508 e. The fraction of sp³-hybridized carbons (Fsp3) is 0.625. The molecule has 0 radical (unpaired) electrons. The number of benzene rings is 1. The van der Waals surface area contributed by atoms with E-state index >= 15 is 0 Å². The second-order valence-electron chi connectivity index (χ2n) is 6.26. The fourth-order valence-electron chi connectivity index (χ4n) is 3.47. The molecule has 7 heteroatoms. The summed E-state index contributed by atoms with van der Waals surface area (Å²) in [4.78, 5) is 13.2. The summed E-state index contributed by atoms with van der Waals surface area (Å²) < 4.78 is 5.41. The molecule has 0 amide bonds. The quantitative estimate of drug-likeness (QED) is 0.503. The average molecular weight is 321 g/mol. The first-order chi connectivity index (χ1) is 11.1. The van der Waals surface area contributed by atoms with Crippen molar-refractivity contribution in [1.29, 1.82) is 0 Å². The van der Waals surface area contributed by atoms with Gasteiger partial charge in [-0.1, -0.05) is 0 Å². The molecule has 2 fully saturated rings. The summed E-state index contributed by atoms with van der Waals surface area (Å²) in [6.07, 6.45) is 4.13. The molecule has 7 nitrogen and oxygen atoms in total. The average Bonchev–Trinajstić information content (AvgIpc) is 2.58. The van der Waals surface area contributed by atoms with Gasteiger partial charge in [0, 0.05) is 38.4 Å². The van der Waals surface area contributed by atoms with Crippen molar-refractivity contribution in [3.8, 4) is 5.75 Å². The van der Waals surface area contributed by atoms with Gasteiger partial charge in [0.25, 0.3) is 5.69 Å². The van der Waals surface area contributed by atoms with Crippen LogP contribution >= 0.6 is 0 Å². The number of nitro groups is 1. The summed E-state index contributed by atoms with van der Waals surface area (Å²) in [5, 5.41) is 23.8. The van der Waals surface area contributed by atoms with Gasteiger partial charge in [-0.25, -0.2) is 0 Å². The second kappa shape index (κ2) is 7.14. The number of phenolic OH excluding ortho intramolecular Hbond substituents is 1. The minimum Gasteiger partial charge on any atom is -0.508 e. The van der Waals surface area contributed by atoms with Crippen LogP contribution < -0.4 is 5.32 Å². The number of likely N-dealkylation sites (tertiary alicyclic amines) is 1. The zero-order chi connectivity index (χ0) is 16.2. The Morgan fingerprint density at radius 2 is 1.91 bits per heavy atom. The summed E-state index contributed by atoms with van der Waals surface area (Å²) in [5.74, 6) is -0.0865. The molecule has 3 rings (SSSR count). The zero-order valence-electron chi connectivity index (χ0n) is 13.1. The number of phenols is 1. The van der Waals surface area contributed by atoms with Gasteiger partial charge in [-0.15, -0.1) is 0 Å². The van der Waals surface area contributed by atoms with Gasteiger partial charge in [0.2, 0.25) is 0 Å². The van der Waals surface area contributed by atoms with Gasteiger partial charge >= 0.3 is 0 Å². The van der Waals surface area contributed by atoms with Gasteiger partial charge < -0.3 is 20.1 Å². The van der Waals surface area contributed by atoms with Crippen molar-refractivity contribution < 1.29 is 14.8 Å².